The van der Waals surface area contributed by atoms with Crippen LogP contribution in [0.5, 0.6) is 11.5 Å². The van der Waals surface area contributed by atoms with Gasteiger partial charge in [0.2, 0.25) is 0 Å². The molecule has 0 spiro atoms. The van der Waals surface area contributed by atoms with E-state index < -0.39 is 0 Å². The first-order valence-corrected chi connectivity index (χ1v) is 10.7. The van der Waals surface area contributed by atoms with Gasteiger partial charge in [-0.1, -0.05) is 18.2 Å². The molecule has 1 saturated heterocycles. The summed E-state index contributed by atoms with van der Waals surface area (Å²) in [6.07, 6.45) is 1.66. The van der Waals surface area contributed by atoms with Crippen molar-refractivity contribution in [3.05, 3.63) is 62.5 Å². The molecule has 0 unspecified atom stereocenters. The van der Waals surface area contributed by atoms with E-state index in [4.69, 9.17) is 9.47 Å². The van der Waals surface area contributed by atoms with Crippen molar-refractivity contribution < 1.29 is 19.1 Å². The van der Waals surface area contributed by atoms with Crippen LogP contribution in [0.1, 0.15) is 30.5 Å². The highest BCUT2D eigenvalue weighted by molar-refractivity contribution is 9.10. The minimum atomic E-state index is -0.302. The molecule has 0 aromatic heterocycles. The molecule has 1 fully saturated rings. The van der Waals surface area contributed by atoms with E-state index in [1.54, 1.807) is 44.2 Å². The van der Waals surface area contributed by atoms with Crippen molar-refractivity contribution in [3.8, 4) is 17.6 Å². The summed E-state index contributed by atoms with van der Waals surface area (Å²) in [6, 6.07) is 12.7. The quantitative estimate of drug-likeness (QED) is 0.511. The highest BCUT2D eigenvalue weighted by atomic mass is 79.9. The highest BCUT2D eigenvalue weighted by Crippen LogP contribution is 2.39. The summed E-state index contributed by atoms with van der Waals surface area (Å²) in [4.78, 5) is 26.2. The molecule has 30 heavy (non-hydrogen) atoms. The Labute approximate surface area is 187 Å². The second-order valence-corrected chi connectivity index (χ2v) is 8.58. The van der Waals surface area contributed by atoms with Gasteiger partial charge in [-0.25, -0.2) is 0 Å². The molecular formula is C22H19BrN2O4S. The summed E-state index contributed by atoms with van der Waals surface area (Å²) in [5.74, 6) is 0.648. The van der Waals surface area contributed by atoms with Crippen LogP contribution < -0.4 is 9.47 Å². The number of hydrogen-bond acceptors (Lipinski definition) is 6. The predicted molar refractivity (Wildman–Crippen MR) is 119 cm³/mol. The van der Waals surface area contributed by atoms with Gasteiger partial charge in [0.25, 0.3) is 11.1 Å². The molecule has 0 atom stereocenters. The van der Waals surface area contributed by atoms with Crippen molar-refractivity contribution in [1.29, 1.82) is 5.26 Å². The normalized spacial score (nSPS) is 15.1. The van der Waals surface area contributed by atoms with Crippen LogP contribution in [0, 0.1) is 11.3 Å². The zero-order valence-electron chi connectivity index (χ0n) is 16.6. The van der Waals surface area contributed by atoms with E-state index >= 15 is 0 Å². The van der Waals surface area contributed by atoms with Crippen molar-refractivity contribution in [2.75, 3.05) is 7.11 Å². The van der Waals surface area contributed by atoms with Crippen LogP contribution in [0.25, 0.3) is 6.08 Å². The molecule has 2 aromatic carbocycles. The summed E-state index contributed by atoms with van der Waals surface area (Å²) in [7, 11) is 1.52. The van der Waals surface area contributed by atoms with Gasteiger partial charge in [-0.05, 0) is 71.4 Å². The Morgan fingerprint density at radius 2 is 2.00 bits per heavy atom. The van der Waals surface area contributed by atoms with E-state index in [1.165, 1.54) is 12.0 Å². The monoisotopic (exact) mass is 486 g/mol. The van der Waals surface area contributed by atoms with Crippen molar-refractivity contribution in [3.63, 3.8) is 0 Å². The molecule has 1 aliphatic rings. The Hall–Kier alpha value is -2.76. The number of benzene rings is 2. The Morgan fingerprint density at radius 3 is 2.63 bits per heavy atom. The fourth-order valence-electron chi connectivity index (χ4n) is 2.94. The van der Waals surface area contributed by atoms with E-state index in [2.05, 4.69) is 22.0 Å². The summed E-state index contributed by atoms with van der Waals surface area (Å²) in [5.41, 5.74) is 2.00. The van der Waals surface area contributed by atoms with Crippen LogP contribution in [0.3, 0.4) is 0 Å². The Bertz CT molecular complexity index is 1080. The molecule has 2 aromatic rings. The van der Waals surface area contributed by atoms with Gasteiger partial charge in [0.1, 0.15) is 6.61 Å². The standard InChI is InChI=1S/C22H19BrN2O4S/c1-13(2)25-21(26)19(30-22(25)27)10-14-8-17(23)20(18(9-14)28-3)29-12-16-7-5-4-6-15(16)11-24/h4-10,13H,12H2,1-3H3/b19-10-. The van der Waals surface area contributed by atoms with E-state index in [9.17, 15) is 14.9 Å². The first kappa shape index (κ1) is 21.9. The van der Waals surface area contributed by atoms with Crippen LogP contribution in [0.4, 0.5) is 4.79 Å². The Morgan fingerprint density at radius 1 is 1.27 bits per heavy atom. The molecular weight excluding hydrogens is 468 g/mol. The van der Waals surface area contributed by atoms with Crippen molar-refractivity contribution in [1.82, 2.24) is 4.90 Å². The van der Waals surface area contributed by atoms with Gasteiger partial charge in [0.05, 0.1) is 28.1 Å². The molecule has 0 radical (unpaired) electrons. The lowest BCUT2D eigenvalue weighted by Gasteiger charge is -2.16. The van der Waals surface area contributed by atoms with Gasteiger partial charge < -0.3 is 9.47 Å². The number of hydrogen-bond donors (Lipinski definition) is 0. The predicted octanol–water partition coefficient (Wildman–Crippen LogP) is 5.35. The molecule has 6 nitrogen and oxygen atoms in total. The molecule has 1 aliphatic heterocycles. The Kier molecular flexibility index (Phi) is 6.85. The highest BCUT2D eigenvalue weighted by Gasteiger charge is 2.36. The molecule has 154 valence electrons. The summed E-state index contributed by atoms with van der Waals surface area (Å²) < 4.78 is 12.0. The summed E-state index contributed by atoms with van der Waals surface area (Å²) in [5, 5.41) is 8.96. The van der Waals surface area contributed by atoms with E-state index in [0.717, 1.165) is 17.3 Å². The average molecular weight is 487 g/mol. The average Bonchev–Trinajstić information content (AvgIpc) is 3.00. The number of carbonyl (C=O) groups excluding carboxylic acids is 2. The van der Waals surface area contributed by atoms with E-state index in [1.807, 2.05) is 12.1 Å². The van der Waals surface area contributed by atoms with E-state index in [0.29, 0.717) is 32.0 Å². The maximum atomic E-state index is 12.5. The fourth-order valence-corrected chi connectivity index (χ4v) is 4.48. The SMILES string of the molecule is COc1cc(/C=C2\SC(=O)N(C(C)C)C2=O)cc(Br)c1OCc1ccccc1C#N. The third kappa shape index (κ3) is 4.53. The largest absolute Gasteiger partial charge is 0.493 e. The molecule has 2 amide bonds. The second kappa shape index (κ2) is 9.37. The second-order valence-electron chi connectivity index (χ2n) is 6.74. The number of methoxy groups -OCH3 is 1. The van der Waals surface area contributed by atoms with E-state index in [-0.39, 0.29) is 23.8 Å². The number of nitrogens with zero attached hydrogens (tertiary/aromatic N) is 2. The molecule has 0 bridgehead atoms. The van der Waals surface area contributed by atoms with Crippen molar-refractivity contribution >= 4 is 44.9 Å². The van der Waals surface area contributed by atoms with Crippen LogP contribution in [-0.4, -0.2) is 29.2 Å². The summed E-state index contributed by atoms with van der Waals surface area (Å²) >= 11 is 4.41. The van der Waals surface area contributed by atoms with Crippen LogP contribution in [0.15, 0.2) is 45.8 Å². The lowest BCUT2D eigenvalue weighted by Crippen LogP contribution is -2.34. The number of rotatable bonds is 6. The number of thioether (sulfide) groups is 1. The van der Waals surface area contributed by atoms with Crippen molar-refractivity contribution in [2.45, 2.75) is 26.5 Å². The lowest BCUT2D eigenvalue weighted by molar-refractivity contribution is -0.123. The molecule has 8 heteroatoms. The number of ether oxygens (including phenoxy) is 2. The fraction of sp³-hybridized carbons (Fsp3) is 0.227. The molecule has 0 saturated carbocycles. The minimum absolute atomic E-state index is 0.197. The van der Waals surface area contributed by atoms with Crippen LogP contribution in [0.2, 0.25) is 0 Å². The first-order valence-electron chi connectivity index (χ1n) is 9.11. The van der Waals surface area contributed by atoms with Crippen molar-refractivity contribution in [2.24, 2.45) is 0 Å². The first-order chi connectivity index (χ1) is 14.3. The van der Waals surface area contributed by atoms with Gasteiger partial charge in [-0.2, -0.15) is 5.26 Å². The van der Waals surface area contributed by atoms with Gasteiger partial charge in [-0.15, -0.1) is 0 Å². The van der Waals surface area contributed by atoms with Gasteiger partial charge >= 0.3 is 0 Å². The summed E-state index contributed by atoms with van der Waals surface area (Å²) in [6.45, 7) is 3.80. The Balaban J connectivity index is 1.87. The van der Waals surface area contributed by atoms with Gasteiger partial charge in [-0.3, -0.25) is 14.5 Å². The molecule has 0 N–H and O–H groups in total. The minimum Gasteiger partial charge on any atom is -0.493 e. The number of nitriles is 1. The number of imide groups is 1. The third-order valence-corrected chi connectivity index (χ3v) is 5.87. The maximum absolute atomic E-state index is 12.5. The maximum Gasteiger partial charge on any atom is 0.293 e. The topological polar surface area (TPSA) is 79.6 Å². The number of amides is 2. The number of halogens is 1. The molecule has 1 heterocycles. The van der Waals surface area contributed by atoms with Crippen LogP contribution >= 0.6 is 27.7 Å². The zero-order valence-corrected chi connectivity index (χ0v) is 19.0. The van der Waals surface area contributed by atoms with Gasteiger partial charge in [0.15, 0.2) is 11.5 Å². The van der Waals surface area contributed by atoms with Crippen LogP contribution in [-0.2, 0) is 11.4 Å². The van der Waals surface area contributed by atoms with Gasteiger partial charge in [0, 0.05) is 11.6 Å². The third-order valence-electron chi connectivity index (χ3n) is 4.40. The number of carbonyl (C=O) groups is 2. The zero-order chi connectivity index (χ0) is 21.8. The molecule has 0 aliphatic carbocycles. The molecule has 3 rings (SSSR count). The smallest absolute Gasteiger partial charge is 0.293 e. The lowest BCUT2D eigenvalue weighted by atomic mass is 10.1.